The lowest BCUT2D eigenvalue weighted by Gasteiger charge is -2.20. The fourth-order valence-corrected chi connectivity index (χ4v) is 4.24. The molecular formula is C21H24F3N3O4S. The molecule has 0 aliphatic carbocycles. The van der Waals surface area contributed by atoms with Crippen LogP contribution in [0, 0.1) is 0 Å². The van der Waals surface area contributed by atoms with Gasteiger partial charge in [0.2, 0.25) is 21.8 Å². The van der Waals surface area contributed by atoms with Gasteiger partial charge in [-0.05, 0) is 43.7 Å². The molecule has 0 aliphatic rings. The fraction of sp³-hybridized carbons (Fsp3) is 0.333. The van der Waals surface area contributed by atoms with Crippen molar-refractivity contribution in [3.8, 4) is 0 Å². The van der Waals surface area contributed by atoms with Crippen LogP contribution >= 0.6 is 0 Å². The molecule has 0 bridgehead atoms. The van der Waals surface area contributed by atoms with Crippen LogP contribution in [0.2, 0.25) is 0 Å². The Labute approximate surface area is 184 Å². The molecule has 2 amide bonds. The third-order valence-corrected chi connectivity index (χ3v) is 6.18. The Hall–Kier alpha value is -2.92. The summed E-state index contributed by atoms with van der Waals surface area (Å²) in [6.45, 7) is 4.62. The maximum Gasteiger partial charge on any atom is 0.417 e. The van der Waals surface area contributed by atoms with E-state index in [0.29, 0.717) is 23.7 Å². The zero-order valence-electron chi connectivity index (χ0n) is 17.7. The molecule has 2 aromatic carbocycles. The molecule has 1 unspecified atom stereocenters. The minimum Gasteiger partial charge on any atom is -0.348 e. The summed E-state index contributed by atoms with van der Waals surface area (Å²) in [6.07, 6.45) is -4.54. The highest BCUT2D eigenvalue weighted by atomic mass is 32.2. The Balaban J connectivity index is 2.07. The van der Waals surface area contributed by atoms with Gasteiger partial charge in [0.05, 0.1) is 22.5 Å². The number of rotatable bonds is 8. The van der Waals surface area contributed by atoms with Gasteiger partial charge in [-0.15, -0.1) is 0 Å². The summed E-state index contributed by atoms with van der Waals surface area (Å²) in [5.74, 6) is -0.860. The van der Waals surface area contributed by atoms with Crippen LogP contribution in [0.1, 0.15) is 44.4 Å². The van der Waals surface area contributed by atoms with Gasteiger partial charge < -0.3 is 10.6 Å². The molecule has 0 radical (unpaired) electrons. The molecule has 0 heterocycles. The molecule has 2 rings (SSSR count). The van der Waals surface area contributed by atoms with Gasteiger partial charge in [-0.3, -0.25) is 9.59 Å². The van der Waals surface area contributed by atoms with E-state index >= 15 is 0 Å². The summed E-state index contributed by atoms with van der Waals surface area (Å²) in [7, 11) is -4.61. The molecule has 0 saturated heterocycles. The predicted octanol–water partition coefficient (Wildman–Crippen LogP) is 3.60. The van der Waals surface area contributed by atoms with Crippen LogP contribution in [0.3, 0.4) is 0 Å². The average Bonchev–Trinajstić information content (AvgIpc) is 2.73. The first-order chi connectivity index (χ1) is 14.8. The maximum atomic E-state index is 13.2. The summed E-state index contributed by atoms with van der Waals surface area (Å²) >= 11 is 0. The third-order valence-electron chi connectivity index (χ3n) is 4.58. The number of sulfonamides is 1. The minimum absolute atomic E-state index is 0.146. The lowest BCUT2D eigenvalue weighted by Crippen LogP contribution is -2.45. The Morgan fingerprint density at radius 3 is 2.16 bits per heavy atom. The van der Waals surface area contributed by atoms with E-state index in [2.05, 4.69) is 10.6 Å². The van der Waals surface area contributed by atoms with Gasteiger partial charge in [0, 0.05) is 12.1 Å². The quantitative estimate of drug-likeness (QED) is 0.547. The number of carbonyl (C=O) groups excluding carboxylic acids is 2. The maximum absolute atomic E-state index is 13.2. The van der Waals surface area contributed by atoms with Crippen LogP contribution in [-0.2, 0) is 25.8 Å². The van der Waals surface area contributed by atoms with Crippen LogP contribution in [0.25, 0.3) is 0 Å². The van der Waals surface area contributed by atoms with E-state index < -0.39 is 44.6 Å². The van der Waals surface area contributed by atoms with Crippen molar-refractivity contribution in [2.75, 3.05) is 5.32 Å². The molecule has 0 saturated carbocycles. The highest BCUT2D eigenvalue weighted by Gasteiger charge is 2.37. The lowest BCUT2D eigenvalue weighted by atomic mass is 10.1. The highest BCUT2D eigenvalue weighted by molar-refractivity contribution is 7.89. The first-order valence-corrected chi connectivity index (χ1v) is 11.2. The molecule has 174 valence electrons. The van der Waals surface area contributed by atoms with E-state index in [0.717, 1.165) is 12.1 Å². The monoisotopic (exact) mass is 471 g/mol. The molecule has 2 atom stereocenters. The first-order valence-electron chi connectivity index (χ1n) is 9.74. The van der Waals surface area contributed by atoms with Gasteiger partial charge in [0.1, 0.15) is 0 Å². The van der Waals surface area contributed by atoms with Crippen molar-refractivity contribution in [3.05, 3.63) is 59.7 Å². The van der Waals surface area contributed by atoms with Crippen LogP contribution in [0.4, 0.5) is 18.9 Å². The molecule has 11 heteroatoms. The molecule has 7 nitrogen and oxygen atoms in total. The van der Waals surface area contributed by atoms with Crippen molar-refractivity contribution < 1.29 is 31.2 Å². The van der Waals surface area contributed by atoms with Gasteiger partial charge >= 0.3 is 6.18 Å². The van der Waals surface area contributed by atoms with Crippen molar-refractivity contribution in [1.29, 1.82) is 0 Å². The van der Waals surface area contributed by atoms with E-state index in [9.17, 15) is 31.2 Å². The largest absolute Gasteiger partial charge is 0.417 e. The second-order valence-electron chi connectivity index (χ2n) is 7.09. The summed E-state index contributed by atoms with van der Waals surface area (Å²) in [5.41, 5.74) is -0.0439. The molecule has 3 N–H and O–H groups in total. The molecule has 32 heavy (non-hydrogen) atoms. The van der Waals surface area contributed by atoms with E-state index in [1.807, 2.05) is 4.72 Å². The number of amides is 2. The second kappa shape index (κ2) is 10.1. The standard InChI is InChI=1S/C21H24F3N3O4S/c1-4-19(28)26-16-11-9-15(10-12-16)13(2)25-20(29)14(3)27-32(30,31)18-8-6-5-7-17(18)21(22,23)24/h5-14,27H,4H2,1-3H3,(H,25,29)(H,26,28)/t13?,14-/m0/s1. The smallest absolute Gasteiger partial charge is 0.348 e. The number of alkyl halides is 3. The van der Waals surface area contributed by atoms with E-state index in [1.165, 1.54) is 13.0 Å². The Morgan fingerprint density at radius 2 is 1.59 bits per heavy atom. The molecule has 0 spiro atoms. The highest BCUT2D eigenvalue weighted by Crippen LogP contribution is 2.33. The van der Waals surface area contributed by atoms with Crippen LogP contribution in [-0.4, -0.2) is 26.3 Å². The Morgan fingerprint density at radius 1 is 1.00 bits per heavy atom. The van der Waals surface area contributed by atoms with Crippen molar-refractivity contribution in [2.24, 2.45) is 0 Å². The van der Waals surface area contributed by atoms with Gasteiger partial charge in [0.15, 0.2) is 0 Å². The molecule has 0 fully saturated rings. The summed E-state index contributed by atoms with van der Waals surface area (Å²) in [5, 5.41) is 5.30. The summed E-state index contributed by atoms with van der Waals surface area (Å²) in [4.78, 5) is 22.9. The van der Waals surface area contributed by atoms with Crippen LogP contribution in [0.15, 0.2) is 53.4 Å². The van der Waals surface area contributed by atoms with Gasteiger partial charge in [-0.2, -0.15) is 17.9 Å². The van der Waals surface area contributed by atoms with E-state index in [4.69, 9.17) is 0 Å². The molecular weight excluding hydrogens is 447 g/mol. The van der Waals surface area contributed by atoms with Crippen LogP contribution in [0.5, 0.6) is 0 Å². The van der Waals surface area contributed by atoms with Gasteiger partial charge in [-0.25, -0.2) is 8.42 Å². The number of benzene rings is 2. The fourth-order valence-electron chi connectivity index (χ4n) is 2.81. The topological polar surface area (TPSA) is 104 Å². The van der Waals surface area contributed by atoms with Gasteiger partial charge in [0.25, 0.3) is 0 Å². The van der Waals surface area contributed by atoms with Crippen molar-refractivity contribution in [2.45, 2.75) is 50.3 Å². The van der Waals surface area contributed by atoms with E-state index in [1.54, 1.807) is 38.1 Å². The first kappa shape index (κ1) is 25.3. The number of hydrogen-bond donors (Lipinski definition) is 3. The van der Waals surface area contributed by atoms with Crippen molar-refractivity contribution in [3.63, 3.8) is 0 Å². The van der Waals surface area contributed by atoms with Gasteiger partial charge in [-0.1, -0.05) is 31.2 Å². The number of halogens is 3. The predicted molar refractivity (Wildman–Crippen MR) is 113 cm³/mol. The molecule has 0 aromatic heterocycles. The minimum atomic E-state index is -4.87. The second-order valence-corrected chi connectivity index (χ2v) is 8.77. The molecule has 0 aliphatic heterocycles. The summed E-state index contributed by atoms with van der Waals surface area (Å²) in [6, 6.07) is 8.58. The zero-order valence-corrected chi connectivity index (χ0v) is 18.5. The zero-order chi connectivity index (χ0) is 24.1. The summed E-state index contributed by atoms with van der Waals surface area (Å²) < 4.78 is 66.5. The number of carbonyl (C=O) groups is 2. The lowest BCUT2D eigenvalue weighted by molar-refractivity contribution is -0.139. The number of anilines is 1. The van der Waals surface area contributed by atoms with Crippen molar-refractivity contribution in [1.82, 2.24) is 10.0 Å². The average molecular weight is 472 g/mol. The van der Waals surface area contributed by atoms with Crippen molar-refractivity contribution >= 4 is 27.5 Å². The molecule has 2 aromatic rings. The normalized spacial score (nSPS) is 13.8. The van der Waals surface area contributed by atoms with E-state index in [-0.39, 0.29) is 5.91 Å². The Kier molecular flexibility index (Phi) is 8.02. The number of nitrogens with one attached hydrogen (secondary N) is 3. The Bertz CT molecular complexity index is 1070. The third kappa shape index (κ3) is 6.54. The SMILES string of the molecule is CCC(=O)Nc1ccc(C(C)NC(=O)[C@H](C)NS(=O)(=O)c2ccccc2C(F)(F)F)cc1. The van der Waals surface area contributed by atoms with Crippen LogP contribution < -0.4 is 15.4 Å². The number of hydrogen-bond acceptors (Lipinski definition) is 4.